The number of carbonyl (C=O) groups is 1. The third kappa shape index (κ3) is 4.77. The molecule has 1 aliphatic heterocycles. The van der Waals surface area contributed by atoms with Gasteiger partial charge in [0.25, 0.3) is 5.56 Å². The summed E-state index contributed by atoms with van der Waals surface area (Å²) in [4.78, 5) is 41.3. The predicted molar refractivity (Wildman–Crippen MR) is 108 cm³/mol. The number of halogens is 5. The highest BCUT2D eigenvalue weighted by Crippen LogP contribution is 2.33. The molecule has 1 aromatic heterocycles. The van der Waals surface area contributed by atoms with Gasteiger partial charge in [-0.3, -0.25) is 9.36 Å². The number of amidine groups is 1. The molecule has 2 heterocycles. The number of rotatable bonds is 5. The van der Waals surface area contributed by atoms with Gasteiger partial charge in [0.15, 0.2) is 6.61 Å². The minimum absolute atomic E-state index is 0.0420. The Morgan fingerprint density at radius 2 is 1.85 bits per heavy atom. The van der Waals surface area contributed by atoms with Crippen molar-refractivity contribution < 1.29 is 32.3 Å². The maximum Gasteiger partial charge on any atom is 0.431 e. The molecule has 0 radical (unpaired) electrons. The van der Waals surface area contributed by atoms with Crippen LogP contribution in [0, 0.1) is 0 Å². The van der Waals surface area contributed by atoms with Gasteiger partial charge in [0.05, 0.1) is 20.5 Å². The number of likely N-dealkylation sites (N-methyl/N-ethyl adjacent to an activating group) is 1. The number of nitrogens with zero attached hydrogens (tertiary/aromatic N) is 6. The van der Waals surface area contributed by atoms with E-state index in [-0.39, 0.29) is 44.6 Å². The number of ether oxygens (including phenoxy) is 1. The first-order valence-electron chi connectivity index (χ1n) is 8.83. The molecule has 0 fully saturated rings. The van der Waals surface area contributed by atoms with E-state index in [1.165, 1.54) is 7.05 Å². The van der Waals surface area contributed by atoms with Crippen molar-refractivity contribution in [1.82, 2.24) is 9.13 Å². The van der Waals surface area contributed by atoms with Crippen molar-refractivity contribution in [2.24, 2.45) is 22.6 Å². The fourth-order valence-corrected chi connectivity index (χ4v) is 3.34. The molecular formula is C17H14Cl2F3N6O5+. The maximum absolute atomic E-state index is 13.1. The summed E-state index contributed by atoms with van der Waals surface area (Å²) in [6.45, 7) is 0.804. The van der Waals surface area contributed by atoms with Crippen molar-refractivity contribution in [1.29, 1.82) is 0 Å². The number of aromatic nitrogens is 2. The molecule has 3 rings (SSSR count). The number of hydroxylamine groups is 2. The fraction of sp³-hybridized carbons (Fsp3) is 0.294. The number of hydrogen-bond acceptors (Lipinski definition) is 8. The van der Waals surface area contributed by atoms with Crippen molar-refractivity contribution in [2.45, 2.75) is 13.1 Å². The molecule has 16 heteroatoms. The molecule has 1 unspecified atom stereocenters. The summed E-state index contributed by atoms with van der Waals surface area (Å²) in [5.41, 5.74) is -4.25. The van der Waals surface area contributed by atoms with Crippen molar-refractivity contribution in [3.63, 3.8) is 0 Å². The van der Waals surface area contributed by atoms with Crippen LogP contribution in [0.25, 0.3) is 5.69 Å². The number of quaternary nitrogens is 1. The van der Waals surface area contributed by atoms with Crippen LogP contribution < -0.4 is 16.0 Å². The first-order chi connectivity index (χ1) is 15.2. The molecule has 0 amide bonds. The zero-order chi connectivity index (χ0) is 24.7. The average molecular weight is 510 g/mol. The maximum atomic E-state index is 13.1. The lowest BCUT2D eigenvalue weighted by molar-refractivity contribution is -1.01. The van der Waals surface area contributed by atoms with E-state index in [9.17, 15) is 27.6 Å². The van der Waals surface area contributed by atoms with Crippen LogP contribution >= 0.6 is 23.2 Å². The number of benzene rings is 1. The van der Waals surface area contributed by atoms with Gasteiger partial charge in [-0.1, -0.05) is 28.3 Å². The van der Waals surface area contributed by atoms with Crippen LogP contribution in [0.2, 0.25) is 10.0 Å². The molecule has 33 heavy (non-hydrogen) atoms. The number of carbonyl (C=O) groups excluding carboxylic acids is 1. The van der Waals surface area contributed by atoms with Gasteiger partial charge < -0.3 is 4.74 Å². The smallest absolute Gasteiger partial charge is 0.431 e. The van der Waals surface area contributed by atoms with E-state index in [1.807, 2.05) is 0 Å². The van der Waals surface area contributed by atoms with Crippen LogP contribution in [0.3, 0.4) is 0 Å². The second-order valence-corrected chi connectivity index (χ2v) is 7.54. The van der Waals surface area contributed by atoms with Crippen LogP contribution in [-0.4, -0.2) is 39.3 Å². The normalized spacial score (nSPS) is 17.8. The molecule has 0 aliphatic carbocycles. The summed E-state index contributed by atoms with van der Waals surface area (Å²) in [7, 11) is 2.22. The van der Waals surface area contributed by atoms with E-state index < -0.39 is 33.8 Å². The number of hydrogen-bond donors (Lipinski definition) is 0. The van der Waals surface area contributed by atoms with E-state index in [0.717, 1.165) is 26.1 Å². The highest BCUT2D eigenvalue weighted by atomic mass is 35.5. The van der Waals surface area contributed by atoms with Gasteiger partial charge in [0, 0.05) is 31.3 Å². The standard InChI is InChI=1S/C17H14Cl2F3N6O5/c1-8(29)33-28(3)14(23-24-25-28)7-32-12-5-11(9(18)4-10(12)19)27-15(30)6-13(17(20,21)22)26(2)16(27)31/h4-6H,7H2,1-3H3/q+1. The Bertz CT molecular complexity index is 1320. The monoisotopic (exact) mass is 509 g/mol. The van der Waals surface area contributed by atoms with Crippen molar-refractivity contribution >= 4 is 35.0 Å². The minimum Gasteiger partial charge on any atom is -0.479 e. The summed E-state index contributed by atoms with van der Waals surface area (Å²) in [5.74, 6) is -0.732. The van der Waals surface area contributed by atoms with Crippen LogP contribution in [0.4, 0.5) is 13.2 Å². The van der Waals surface area contributed by atoms with Crippen LogP contribution in [0.1, 0.15) is 12.6 Å². The molecule has 0 saturated carbocycles. The molecular weight excluding hydrogens is 496 g/mol. The lowest BCUT2D eigenvalue weighted by Gasteiger charge is -2.19. The van der Waals surface area contributed by atoms with Crippen LogP contribution in [-0.2, 0) is 22.9 Å². The van der Waals surface area contributed by atoms with Gasteiger partial charge in [0.2, 0.25) is 0 Å². The fourth-order valence-electron chi connectivity index (χ4n) is 2.81. The summed E-state index contributed by atoms with van der Waals surface area (Å²) < 4.78 is 44.8. The van der Waals surface area contributed by atoms with Gasteiger partial charge in [0.1, 0.15) is 23.7 Å². The summed E-state index contributed by atoms with van der Waals surface area (Å²) in [5, 5.41) is 10.6. The molecule has 0 N–H and O–H groups in total. The average Bonchev–Trinajstić information content (AvgIpc) is 3.03. The first kappa shape index (κ1) is 24.4. The van der Waals surface area contributed by atoms with Gasteiger partial charge >= 0.3 is 23.7 Å². The Morgan fingerprint density at radius 3 is 2.45 bits per heavy atom. The summed E-state index contributed by atoms with van der Waals surface area (Å²) >= 11 is 12.2. The topological polar surface area (TPSA) is 117 Å². The molecule has 0 saturated heterocycles. The third-order valence-corrected chi connectivity index (χ3v) is 4.96. The Labute approximate surface area is 192 Å². The van der Waals surface area contributed by atoms with Crippen LogP contribution in [0.5, 0.6) is 5.75 Å². The molecule has 1 aliphatic rings. The second-order valence-electron chi connectivity index (χ2n) is 6.72. The van der Waals surface area contributed by atoms with Gasteiger partial charge in [-0.05, 0) is 6.07 Å². The molecule has 176 valence electrons. The molecule has 0 bridgehead atoms. The number of alkyl halides is 3. The Hall–Kier alpha value is -3.23. The lowest BCUT2D eigenvalue weighted by Crippen LogP contribution is -2.46. The predicted octanol–water partition coefficient (Wildman–Crippen LogP) is 2.86. The third-order valence-electron chi connectivity index (χ3n) is 4.37. The Morgan fingerprint density at radius 1 is 1.18 bits per heavy atom. The highest BCUT2D eigenvalue weighted by Gasteiger charge is 2.41. The molecule has 0 spiro atoms. The van der Waals surface area contributed by atoms with E-state index in [0.29, 0.717) is 4.57 Å². The largest absolute Gasteiger partial charge is 0.479 e. The van der Waals surface area contributed by atoms with E-state index in [1.54, 1.807) is 0 Å². The Balaban J connectivity index is 2.00. The first-order valence-corrected chi connectivity index (χ1v) is 9.59. The van der Waals surface area contributed by atoms with E-state index in [2.05, 4.69) is 15.5 Å². The van der Waals surface area contributed by atoms with Crippen LogP contribution in [0.15, 0.2) is 43.3 Å². The molecule has 1 atom stereocenters. The van der Waals surface area contributed by atoms with Crippen molar-refractivity contribution in [3.05, 3.63) is 54.8 Å². The quantitative estimate of drug-likeness (QED) is 0.574. The summed E-state index contributed by atoms with van der Waals surface area (Å²) in [6, 6.07) is 2.51. The van der Waals surface area contributed by atoms with E-state index >= 15 is 0 Å². The van der Waals surface area contributed by atoms with E-state index in [4.69, 9.17) is 32.8 Å². The minimum atomic E-state index is -4.92. The molecule has 2 aromatic rings. The summed E-state index contributed by atoms with van der Waals surface area (Å²) in [6.07, 6.45) is -4.92. The van der Waals surface area contributed by atoms with Gasteiger partial charge in [-0.15, -0.1) is 0 Å². The SMILES string of the molecule is CC(=O)O[N+]1(C)N=NN=C1COc1cc(-n2c(=O)cc(C(F)(F)F)n(C)c2=O)c(Cl)cc1Cl. The molecule has 1 aromatic carbocycles. The molecule has 11 nitrogen and oxygen atoms in total. The Kier molecular flexibility index (Phi) is 6.37. The second kappa shape index (κ2) is 8.61. The zero-order valence-electron chi connectivity index (χ0n) is 17.1. The zero-order valence-corrected chi connectivity index (χ0v) is 18.6. The highest BCUT2D eigenvalue weighted by molar-refractivity contribution is 6.36. The lowest BCUT2D eigenvalue weighted by atomic mass is 10.2. The van der Waals surface area contributed by atoms with Crippen molar-refractivity contribution in [2.75, 3.05) is 13.7 Å². The van der Waals surface area contributed by atoms with Crippen molar-refractivity contribution in [3.8, 4) is 11.4 Å². The van der Waals surface area contributed by atoms with Gasteiger partial charge in [-0.25, -0.2) is 19.0 Å². The van der Waals surface area contributed by atoms with Gasteiger partial charge in [-0.2, -0.15) is 13.2 Å².